The minimum absolute atomic E-state index is 0.187. The smallest absolute Gasteiger partial charge is 0.267 e. The molecule has 0 spiro atoms. The molecule has 0 radical (unpaired) electrons. The van der Waals surface area contributed by atoms with Gasteiger partial charge in [-0.3, -0.25) is 4.79 Å². The van der Waals surface area contributed by atoms with Crippen molar-refractivity contribution in [1.82, 2.24) is 10.3 Å². The number of amides is 1. The fraction of sp³-hybridized carbons (Fsp3) is 0.154. The van der Waals surface area contributed by atoms with Gasteiger partial charge in [-0.05, 0) is 24.3 Å². The van der Waals surface area contributed by atoms with Crippen LogP contribution in [0, 0.1) is 5.82 Å². The van der Waals surface area contributed by atoms with Crippen molar-refractivity contribution in [3.05, 3.63) is 54.1 Å². The molecule has 1 aromatic carbocycles. The molecule has 0 aliphatic carbocycles. The Bertz CT molecular complexity index is 511. The average Bonchev–Trinajstić information content (AvgIpc) is 2.90. The number of carbonyl (C=O) groups is 1. The lowest BCUT2D eigenvalue weighted by Gasteiger charge is -2.07. The highest BCUT2D eigenvalue weighted by atomic mass is 19.1. The predicted octanol–water partition coefficient (Wildman–Crippen LogP) is 1.96. The Morgan fingerprint density at radius 1 is 1.28 bits per heavy atom. The summed E-state index contributed by atoms with van der Waals surface area (Å²) in [5.74, 6) is -0.433. The van der Waals surface area contributed by atoms with Gasteiger partial charge in [0.1, 0.15) is 12.3 Å². The number of ether oxygens (including phenoxy) is 1. The van der Waals surface area contributed by atoms with E-state index < -0.39 is 5.82 Å². The van der Waals surface area contributed by atoms with Crippen molar-refractivity contribution < 1.29 is 13.9 Å². The van der Waals surface area contributed by atoms with Gasteiger partial charge in [0.25, 0.3) is 5.91 Å². The molecule has 0 saturated heterocycles. The molecule has 0 saturated carbocycles. The van der Waals surface area contributed by atoms with Crippen molar-refractivity contribution >= 4 is 5.91 Å². The molecule has 2 aromatic rings. The zero-order valence-electron chi connectivity index (χ0n) is 9.65. The summed E-state index contributed by atoms with van der Waals surface area (Å²) in [5, 5.41) is 2.66. The third kappa shape index (κ3) is 3.10. The Kier molecular flexibility index (Phi) is 3.96. The van der Waals surface area contributed by atoms with E-state index in [-0.39, 0.29) is 18.3 Å². The van der Waals surface area contributed by atoms with E-state index in [4.69, 9.17) is 4.74 Å². The van der Waals surface area contributed by atoms with Crippen LogP contribution >= 0.6 is 0 Å². The number of rotatable bonds is 5. The summed E-state index contributed by atoms with van der Waals surface area (Å²) >= 11 is 0. The van der Waals surface area contributed by atoms with Crippen LogP contribution in [-0.4, -0.2) is 24.0 Å². The maximum absolute atomic E-state index is 13.2. The van der Waals surface area contributed by atoms with Gasteiger partial charge in [0, 0.05) is 6.20 Å². The maximum Gasteiger partial charge on any atom is 0.267 e. The minimum atomic E-state index is -0.409. The molecule has 2 rings (SSSR count). The number of halogens is 1. The third-order valence-electron chi connectivity index (χ3n) is 2.32. The van der Waals surface area contributed by atoms with E-state index in [1.165, 1.54) is 6.07 Å². The summed E-state index contributed by atoms with van der Waals surface area (Å²) in [5.41, 5.74) is 0.487. The van der Waals surface area contributed by atoms with Crippen LogP contribution in [0.5, 0.6) is 5.75 Å². The molecule has 1 heterocycles. The van der Waals surface area contributed by atoms with Gasteiger partial charge in [0.05, 0.1) is 6.54 Å². The van der Waals surface area contributed by atoms with Gasteiger partial charge >= 0.3 is 0 Å². The molecule has 2 N–H and O–H groups in total. The molecule has 1 amide bonds. The number of aromatic amines is 1. The number of hydrogen-bond acceptors (Lipinski definition) is 2. The maximum atomic E-state index is 13.2. The summed E-state index contributed by atoms with van der Waals surface area (Å²) in [6.45, 7) is 0.527. The van der Waals surface area contributed by atoms with Crippen LogP contribution in [0.1, 0.15) is 10.5 Å². The zero-order valence-corrected chi connectivity index (χ0v) is 9.65. The standard InChI is InChI=1S/C13H13FN2O2/c14-10-4-1-2-6-12(10)18-9-8-16-13(17)11-5-3-7-15-11/h1-7,15H,8-9H2,(H,16,17). The second-order valence-corrected chi connectivity index (χ2v) is 3.62. The number of nitrogens with one attached hydrogen (secondary N) is 2. The van der Waals surface area contributed by atoms with Crippen molar-refractivity contribution in [1.29, 1.82) is 0 Å². The average molecular weight is 248 g/mol. The van der Waals surface area contributed by atoms with Gasteiger partial charge in [-0.25, -0.2) is 4.39 Å². The predicted molar refractivity (Wildman–Crippen MR) is 65.0 cm³/mol. The summed E-state index contributed by atoms with van der Waals surface area (Å²) in [7, 11) is 0. The normalized spacial score (nSPS) is 10.1. The third-order valence-corrected chi connectivity index (χ3v) is 2.32. The lowest BCUT2D eigenvalue weighted by atomic mass is 10.3. The van der Waals surface area contributed by atoms with Crippen LogP contribution in [0.25, 0.3) is 0 Å². The second-order valence-electron chi connectivity index (χ2n) is 3.62. The molecule has 0 bridgehead atoms. The summed E-state index contributed by atoms with van der Waals surface area (Å²) in [6.07, 6.45) is 1.67. The van der Waals surface area contributed by atoms with Crippen LogP contribution in [0.3, 0.4) is 0 Å². The van der Waals surface area contributed by atoms with Crippen LogP contribution < -0.4 is 10.1 Å². The number of para-hydroxylation sites is 1. The van der Waals surface area contributed by atoms with E-state index in [1.54, 1.807) is 36.5 Å². The molecule has 0 aliphatic rings. The quantitative estimate of drug-likeness (QED) is 0.795. The number of aromatic nitrogens is 1. The van der Waals surface area contributed by atoms with E-state index in [0.29, 0.717) is 12.2 Å². The Hall–Kier alpha value is -2.30. The van der Waals surface area contributed by atoms with Crippen LogP contribution in [-0.2, 0) is 0 Å². The van der Waals surface area contributed by atoms with Crippen LogP contribution in [0.15, 0.2) is 42.6 Å². The minimum Gasteiger partial charge on any atom is -0.489 e. The Balaban J connectivity index is 1.74. The zero-order chi connectivity index (χ0) is 12.8. The molecule has 0 aliphatic heterocycles. The van der Waals surface area contributed by atoms with Gasteiger partial charge in [-0.15, -0.1) is 0 Å². The van der Waals surface area contributed by atoms with E-state index in [0.717, 1.165) is 0 Å². The first-order valence-electron chi connectivity index (χ1n) is 5.56. The highest BCUT2D eigenvalue weighted by Gasteiger charge is 2.05. The SMILES string of the molecule is O=C(NCCOc1ccccc1F)c1ccc[nH]1. The monoisotopic (exact) mass is 248 g/mol. The molecular weight excluding hydrogens is 235 g/mol. The van der Waals surface area contributed by atoms with Crippen molar-refractivity contribution in [2.45, 2.75) is 0 Å². The molecule has 0 atom stereocenters. The molecular formula is C13H13FN2O2. The van der Waals surface area contributed by atoms with Crippen molar-refractivity contribution in [3.63, 3.8) is 0 Å². The molecule has 1 aromatic heterocycles. The molecule has 4 nitrogen and oxygen atoms in total. The van der Waals surface area contributed by atoms with E-state index in [1.807, 2.05) is 0 Å². The lowest BCUT2D eigenvalue weighted by molar-refractivity contribution is 0.0942. The van der Waals surface area contributed by atoms with Crippen molar-refractivity contribution in [2.75, 3.05) is 13.2 Å². The van der Waals surface area contributed by atoms with Crippen molar-refractivity contribution in [3.8, 4) is 5.75 Å². The summed E-state index contributed by atoms with van der Waals surface area (Å²) < 4.78 is 18.4. The first kappa shape index (κ1) is 12.2. The fourth-order valence-electron chi connectivity index (χ4n) is 1.45. The Labute approximate surface area is 104 Å². The molecule has 0 fully saturated rings. The van der Waals surface area contributed by atoms with E-state index in [9.17, 15) is 9.18 Å². The van der Waals surface area contributed by atoms with Gasteiger partial charge in [0.15, 0.2) is 11.6 Å². The number of carbonyl (C=O) groups excluding carboxylic acids is 1. The van der Waals surface area contributed by atoms with Gasteiger partial charge < -0.3 is 15.0 Å². The molecule has 5 heteroatoms. The van der Waals surface area contributed by atoms with E-state index in [2.05, 4.69) is 10.3 Å². The van der Waals surface area contributed by atoms with Gasteiger partial charge in [-0.2, -0.15) is 0 Å². The summed E-state index contributed by atoms with van der Waals surface area (Å²) in [4.78, 5) is 14.3. The first-order valence-corrected chi connectivity index (χ1v) is 5.56. The fourth-order valence-corrected chi connectivity index (χ4v) is 1.45. The lowest BCUT2D eigenvalue weighted by Crippen LogP contribution is -2.28. The number of H-pyrrole nitrogens is 1. The highest BCUT2D eigenvalue weighted by Crippen LogP contribution is 2.14. The number of hydrogen-bond donors (Lipinski definition) is 2. The largest absolute Gasteiger partial charge is 0.489 e. The molecule has 0 unspecified atom stereocenters. The summed E-state index contributed by atoms with van der Waals surface area (Å²) in [6, 6.07) is 9.57. The number of benzene rings is 1. The second kappa shape index (κ2) is 5.86. The van der Waals surface area contributed by atoms with Gasteiger partial charge in [-0.1, -0.05) is 12.1 Å². The first-order chi connectivity index (χ1) is 8.77. The van der Waals surface area contributed by atoms with Crippen molar-refractivity contribution in [2.24, 2.45) is 0 Å². The van der Waals surface area contributed by atoms with Crippen LogP contribution in [0.2, 0.25) is 0 Å². The van der Waals surface area contributed by atoms with E-state index >= 15 is 0 Å². The Morgan fingerprint density at radius 2 is 2.11 bits per heavy atom. The highest BCUT2D eigenvalue weighted by molar-refractivity contribution is 5.92. The van der Waals surface area contributed by atoms with Gasteiger partial charge in [0.2, 0.25) is 0 Å². The topological polar surface area (TPSA) is 54.1 Å². The Morgan fingerprint density at radius 3 is 2.83 bits per heavy atom. The van der Waals surface area contributed by atoms with Crippen LogP contribution in [0.4, 0.5) is 4.39 Å². The molecule has 18 heavy (non-hydrogen) atoms. The molecule has 94 valence electrons.